The van der Waals surface area contributed by atoms with Crippen molar-refractivity contribution in [2.75, 3.05) is 43.7 Å². The van der Waals surface area contributed by atoms with Crippen molar-refractivity contribution in [3.8, 4) is 0 Å². The molecule has 2 N–H and O–H groups in total. The number of methoxy groups -OCH3 is 1. The third-order valence-corrected chi connectivity index (χ3v) is 5.41. The van der Waals surface area contributed by atoms with E-state index in [0.717, 1.165) is 35.6 Å². The molecule has 2 atom stereocenters. The van der Waals surface area contributed by atoms with Crippen molar-refractivity contribution >= 4 is 23.0 Å². The van der Waals surface area contributed by atoms with Gasteiger partial charge in [0.15, 0.2) is 0 Å². The van der Waals surface area contributed by atoms with Gasteiger partial charge in [0.25, 0.3) is 0 Å². The number of carbonyl (C=O) groups is 1. The van der Waals surface area contributed by atoms with Gasteiger partial charge in [-0.05, 0) is 48.4 Å². The summed E-state index contributed by atoms with van der Waals surface area (Å²) in [5.74, 6) is -1.43. The number of hydrogen-bond donors (Lipinski definition) is 2. The van der Waals surface area contributed by atoms with E-state index in [0.29, 0.717) is 19.8 Å². The predicted octanol–water partition coefficient (Wildman–Crippen LogP) is 4.39. The maximum Gasteiger partial charge on any atom is 0.304 e. The van der Waals surface area contributed by atoms with Gasteiger partial charge in [-0.1, -0.05) is 13.0 Å². The van der Waals surface area contributed by atoms with Crippen LogP contribution in [0.25, 0.3) is 0 Å². The van der Waals surface area contributed by atoms with Gasteiger partial charge in [-0.25, -0.2) is 4.39 Å². The molecule has 0 amide bonds. The van der Waals surface area contributed by atoms with E-state index in [1.54, 1.807) is 19.2 Å². The first-order valence-electron chi connectivity index (χ1n) is 10.2. The van der Waals surface area contributed by atoms with Crippen molar-refractivity contribution in [3.05, 3.63) is 53.8 Å². The van der Waals surface area contributed by atoms with Crippen LogP contribution in [0.2, 0.25) is 0 Å². The number of carboxylic acids is 1. The standard InChI is InChI=1S/C23H29FN2O4/c1-3-20-15-30-11-10-26(20)22-9-4-16(17(14-29-2)13-23(27)28)12-21(22)25-19-7-5-18(24)6-8-19/h4-9,12,17,20,25H,3,10-11,13-15H2,1-2H3,(H,27,28)/t17-,20?/m0/s1. The molecule has 6 nitrogen and oxygen atoms in total. The molecule has 0 radical (unpaired) electrons. The van der Waals surface area contributed by atoms with Crippen LogP contribution in [-0.4, -0.2) is 50.6 Å². The molecule has 30 heavy (non-hydrogen) atoms. The zero-order valence-electron chi connectivity index (χ0n) is 17.4. The highest BCUT2D eigenvalue weighted by Gasteiger charge is 2.25. The lowest BCUT2D eigenvalue weighted by Gasteiger charge is -2.38. The van der Waals surface area contributed by atoms with Gasteiger partial charge in [-0.2, -0.15) is 0 Å². The summed E-state index contributed by atoms with van der Waals surface area (Å²) in [5, 5.41) is 12.7. The van der Waals surface area contributed by atoms with Crippen molar-refractivity contribution < 1.29 is 23.8 Å². The second kappa shape index (κ2) is 10.4. The van der Waals surface area contributed by atoms with Crippen LogP contribution in [0.3, 0.4) is 0 Å². The molecule has 162 valence electrons. The first kappa shape index (κ1) is 22.1. The third kappa shape index (κ3) is 5.49. The van der Waals surface area contributed by atoms with Gasteiger partial charge < -0.3 is 24.8 Å². The van der Waals surface area contributed by atoms with Crippen LogP contribution in [0.4, 0.5) is 21.5 Å². The highest BCUT2D eigenvalue weighted by Crippen LogP contribution is 2.35. The first-order valence-corrected chi connectivity index (χ1v) is 10.2. The van der Waals surface area contributed by atoms with E-state index in [1.807, 2.05) is 18.2 Å². The van der Waals surface area contributed by atoms with Crippen molar-refractivity contribution in [2.45, 2.75) is 31.7 Å². The van der Waals surface area contributed by atoms with Gasteiger partial charge in [-0.15, -0.1) is 0 Å². The maximum atomic E-state index is 13.3. The van der Waals surface area contributed by atoms with Crippen LogP contribution in [0.1, 0.15) is 31.2 Å². The smallest absolute Gasteiger partial charge is 0.304 e. The van der Waals surface area contributed by atoms with Crippen LogP contribution in [0.5, 0.6) is 0 Å². The fourth-order valence-corrected chi connectivity index (χ4v) is 3.84. The summed E-state index contributed by atoms with van der Waals surface area (Å²) in [6, 6.07) is 12.4. The lowest BCUT2D eigenvalue weighted by molar-refractivity contribution is -0.137. The second-order valence-electron chi connectivity index (χ2n) is 7.49. The molecule has 1 aliphatic rings. The number of halogens is 1. The maximum absolute atomic E-state index is 13.3. The summed E-state index contributed by atoms with van der Waals surface area (Å²) in [6.45, 7) is 4.54. The predicted molar refractivity (Wildman–Crippen MR) is 115 cm³/mol. The van der Waals surface area contributed by atoms with Crippen molar-refractivity contribution in [1.82, 2.24) is 0 Å². The normalized spacial score (nSPS) is 17.6. The van der Waals surface area contributed by atoms with Gasteiger partial charge in [0.2, 0.25) is 0 Å². The van der Waals surface area contributed by atoms with E-state index < -0.39 is 5.97 Å². The fraction of sp³-hybridized carbons (Fsp3) is 0.435. The number of nitrogens with one attached hydrogen (secondary N) is 1. The summed E-state index contributed by atoms with van der Waals surface area (Å²) >= 11 is 0. The van der Waals surface area contributed by atoms with Crippen molar-refractivity contribution in [3.63, 3.8) is 0 Å². The summed E-state index contributed by atoms with van der Waals surface area (Å²) in [7, 11) is 1.57. The number of benzene rings is 2. The number of nitrogens with zero attached hydrogens (tertiary/aromatic N) is 1. The molecule has 0 bridgehead atoms. The van der Waals surface area contributed by atoms with Gasteiger partial charge in [0, 0.05) is 25.3 Å². The molecule has 0 spiro atoms. The number of aliphatic carboxylic acids is 1. The Hall–Kier alpha value is -2.64. The highest BCUT2D eigenvalue weighted by atomic mass is 19.1. The Balaban J connectivity index is 1.99. The largest absolute Gasteiger partial charge is 0.481 e. The van der Waals surface area contributed by atoms with E-state index in [1.165, 1.54) is 12.1 Å². The van der Waals surface area contributed by atoms with E-state index in [-0.39, 0.29) is 24.2 Å². The minimum atomic E-state index is -0.867. The van der Waals surface area contributed by atoms with Gasteiger partial charge in [0.05, 0.1) is 43.7 Å². The van der Waals surface area contributed by atoms with Crippen molar-refractivity contribution in [1.29, 1.82) is 0 Å². The summed E-state index contributed by atoms with van der Waals surface area (Å²) in [5.41, 5.74) is 3.52. The average molecular weight is 416 g/mol. The van der Waals surface area contributed by atoms with E-state index in [2.05, 4.69) is 17.1 Å². The van der Waals surface area contributed by atoms with E-state index in [9.17, 15) is 14.3 Å². The second-order valence-corrected chi connectivity index (χ2v) is 7.49. The van der Waals surface area contributed by atoms with Gasteiger partial charge >= 0.3 is 5.97 Å². The molecule has 1 fully saturated rings. The summed E-state index contributed by atoms with van der Waals surface area (Å²) in [6.07, 6.45) is 0.932. The van der Waals surface area contributed by atoms with E-state index >= 15 is 0 Å². The topological polar surface area (TPSA) is 71.0 Å². The molecule has 1 aliphatic heterocycles. The minimum Gasteiger partial charge on any atom is -0.481 e. The molecule has 2 aromatic carbocycles. The number of hydrogen-bond acceptors (Lipinski definition) is 5. The summed E-state index contributed by atoms with van der Waals surface area (Å²) < 4.78 is 24.3. The van der Waals surface area contributed by atoms with Crippen LogP contribution in [-0.2, 0) is 14.3 Å². The molecule has 0 saturated carbocycles. The Morgan fingerprint density at radius 3 is 2.77 bits per heavy atom. The number of anilines is 3. The molecule has 2 aromatic rings. The summed E-state index contributed by atoms with van der Waals surface area (Å²) in [4.78, 5) is 13.7. The van der Waals surface area contributed by atoms with Gasteiger partial charge in [-0.3, -0.25) is 4.79 Å². The van der Waals surface area contributed by atoms with Crippen LogP contribution >= 0.6 is 0 Å². The minimum absolute atomic E-state index is 0.0156. The molecule has 1 saturated heterocycles. The molecule has 7 heteroatoms. The molecule has 0 aliphatic carbocycles. The number of rotatable bonds is 9. The third-order valence-electron chi connectivity index (χ3n) is 5.41. The molecule has 0 aromatic heterocycles. The fourth-order valence-electron chi connectivity index (χ4n) is 3.84. The Morgan fingerprint density at radius 2 is 2.10 bits per heavy atom. The first-order chi connectivity index (χ1) is 14.5. The lowest BCUT2D eigenvalue weighted by atomic mass is 9.95. The lowest BCUT2D eigenvalue weighted by Crippen LogP contribution is -2.45. The zero-order chi connectivity index (χ0) is 21.5. The quantitative estimate of drug-likeness (QED) is 0.632. The Labute approximate surface area is 176 Å². The number of ether oxygens (including phenoxy) is 2. The van der Waals surface area contributed by atoms with Crippen molar-refractivity contribution in [2.24, 2.45) is 0 Å². The van der Waals surface area contributed by atoms with E-state index in [4.69, 9.17) is 9.47 Å². The Bertz CT molecular complexity index is 844. The Morgan fingerprint density at radius 1 is 1.33 bits per heavy atom. The molecule has 3 rings (SSSR count). The molecule has 1 heterocycles. The van der Waals surface area contributed by atoms with Crippen LogP contribution < -0.4 is 10.2 Å². The number of morpholine rings is 1. The molecular weight excluding hydrogens is 387 g/mol. The van der Waals surface area contributed by atoms with Gasteiger partial charge in [0.1, 0.15) is 5.82 Å². The number of carboxylic acid groups (broad SMARTS) is 1. The van der Waals surface area contributed by atoms with Crippen LogP contribution in [0.15, 0.2) is 42.5 Å². The monoisotopic (exact) mass is 416 g/mol. The Kier molecular flexibility index (Phi) is 7.65. The highest BCUT2D eigenvalue weighted by molar-refractivity contribution is 5.77. The zero-order valence-corrected chi connectivity index (χ0v) is 17.4. The molecular formula is C23H29FN2O4. The molecule has 1 unspecified atom stereocenters. The average Bonchev–Trinajstić information content (AvgIpc) is 2.75. The van der Waals surface area contributed by atoms with Crippen LogP contribution in [0, 0.1) is 5.82 Å². The SMILES string of the molecule is CCC1COCCN1c1ccc([C@H](COC)CC(=O)O)cc1Nc1ccc(F)cc1.